The van der Waals surface area contributed by atoms with Gasteiger partial charge in [0.2, 0.25) is 6.33 Å². The number of hydrogen-bond donors (Lipinski definition) is 0. The van der Waals surface area contributed by atoms with Gasteiger partial charge in [-0.05, 0) is 6.92 Å². The third-order valence-corrected chi connectivity index (χ3v) is 1.19. The maximum atomic E-state index is 2.12. The van der Waals surface area contributed by atoms with E-state index >= 15 is 0 Å². The van der Waals surface area contributed by atoms with Gasteiger partial charge in [0.15, 0.2) is 0 Å². The lowest BCUT2D eigenvalue weighted by Gasteiger charge is -1.81. The summed E-state index contributed by atoms with van der Waals surface area (Å²) in [5.74, 6) is 0. The van der Waals surface area contributed by atoms with Crippen molar-refractivity contribution in [1.82, 2.24) is 4.57 Å². The number of rotatable bonds is 1. The first-order valence-electron chi connectivity index (χ1n) is 2.84. The van der Waals surface area contributed by atoms with Gasteiger partial charge >= 0.3 is 1.43 Å². The lowest BCUT2D eigenvalue weighted by molar-refractivity contribution is -0.693. The van der Waals surface area contributed by atoms with Crippen molar-refractivity contribution in [3.63, 3.8) is 0 Å². The topological polar surface area (TPSA) is 8.81 Å². The van der Waals surface area contributed by atoms with E-state index < -0.39 is 0 Å². The molecule has 0 fully saturated rings. The van der Waals surface area contributed by atoms with E-state index in [1.165, 1.54) is 0 Å². The number of aromatic nitrogens is 2. The molecule has 0 spiro atoms. The Bertz CT molecular complexity index is 171. The van der Waals surface area contributed by atoms with Gasteiger partial charge in [-0.2, -0.15) is 0 Å². The summed E-state index contributed by atoms with van der Waals surface area (Å²) >= 11 is 0. The molecule has 0 saturated heterocycles. The first kappa shape index (κ1) is 5.35. The van der Waals surface area contributed by atoms with Crippen LogP contribution in [-0.4, -0.2) is 4.57 Å². The average Bonchev–Trinajstić information content (AvgIpc) is 2.14. The fourth-order valence-corrected chi connectivity index (χ4v) is 0.689. The van der Waals surface area contributed by atoms with Crippen LogP contribution in [0.1, 0.15) is 8.35 Å². The molecule has 2 heteroatoms. The summed E-state index contributed by atoms with van der Waals surface area (Å²) in [6.07, 6.45) is 6.14. The van der Waals surface area contributed by atoms with Crippen LogP contribution in [0.2, 0.25) is 0 Å². The lowest BCUT2D eigenvalue weighted by atomic mass is 10.7. The first-order valence-corrected chi connectivity index (χ1v) is 2.84. The van der Waals surface area contributed by atoms with E-state index in [1.54, 1.807) is 0 Å². The Morgan fingerprint density at radius 1 is 1.75 bits per heavy atom. The zero-order valence-electron chi connectivity index (χ0n) is 6.33. The van der Waals surface area contributed by atoms with Crippen LogP contribution in [-0.2, 0) is 13.6 Å². The SMILES string of the molecule is CC[n+]1ccn(C)c1.[H+]. The average molecular weight is 112 g/mol. The summed E-state index contributed by atoms with van der Waals surface area (Å²) in [7, 11) is 2.02. The zero-order chi connectivity index (χ0) is 5.98. The van der Waals surface area contributed by atoms with Crippen LogP contribution in [0.3, 0.4) is 0 Å². The van der Waals surface area contributed by atoms with Gasteiger partial charge in [-0.15, -0.1) is 0 Å². The normalized spacial score (nSPS) is 9.75. The lowest BCUT2D eigenvalue weighted by Crippen LogP contribution is -2.28. The van der Waals surface area contributed by atoms with E-state index in [-0.39, 0.29) is 1.43 Å². The molecule has 1 aromatic heterocycles. The number of aryl methyl sites for hydroxylation is 2. The molecule has 0 unspecified atom stereocenters. The van der Waals surface area contributed by atoms with Gasteiger partial charge in [0, 0.05) is 0 Å². The standard InChI is InChI=1S/C6H11N2/c1-3-8-5-4-7(2)6-8/h4-6H,3H2,1-2H3/q+1/p+1. The van der Waals surface area contributed by atoms with Crippen molar-refractivity contribution in [3.8, 4) is 0 Å². The van der Waals surface area contributed by atoms with Gasteiger partial charge in [0.1, 0.15) is 12.4 Å². The smallest absolute Gasteiger partial charge is 0.240 e. The molecule has 0 saturated carbocycles. The predicted octanol–water partition coefficient (Wildman–Crippen LogP) is 0.445. The van der Waals surface area contributed by atoms with Crippen molar-refractivity contribution in [1.29, 1.82) is 0 Å². The van der Waals surface area contributed by atoms with Crippen LogP contribution in [0.4, 0.5) is 0 Å². The highest BCUT2D eigenvalue weighted by Gasteiger charge is 1.92. The summed E-state index contributed by atoms with van der Waals surface area (Å²) in [5.41, 5.74) is 0. The van der Waals surface area contributed by atoms with Crippen molar-refractivity contribution in [2.45, 2.75) is 13.5 Å². The summed E-state index contributed by atoms with van der Waals surface area (Å²) in [6.45, 7) is 3.18. The number of nitrogens with zero attached hydrogens (tertiary/aromatic N) is 2. The maximum absolute atomic E-state index is 2.12. The Morgan fingerprint density at radius 3 is 2.75 bits per heavy atom. The van der Waals surface area contributed by atoms with Crippen LogP contribution >= 0.6 is 0 Å². The minimum Gasteiger partial charge on any atom is -0.240 e. The highest BCUT2D eigenvalue weighted by molar-refractivity contribution is 4.61. The molecule has 8 heavy (non-hydrogen) atoms. The van der Waals surface area contributed by atoms with Gasteiger partial charge in [0.05, 0.1) is 13.6 Å². The van der Waals surface area contributed by atoms with Crippen molar-refractivity contribution in [3.05, 3.63) is 18.7 Å². The van der Waals surface area contributed by atoms with E-state index in [9.17, 15) is 0 Å². The molecule has 0 N–H and O–H groups in total. The fraction of sp³-hybridized carbons (Fsp3) is 0.500. The zero-order valence-corrected chi connectivity index (χ0v) is 5.33. The molecule has 1 aromatic rings. The summed E-state index contributed by atoms with van der Waals surface area (Å²) in [6, 6.07) is 0. The minimum absolute atomic E-state index is 0. The molecule has 0 aliphatic heterocycles. The molecule has 44 valence electrons. The van der Waals surface area contributed by atoms with Crippen molar-refractivity contribution in [2.24, 2.45) is 7.05 Å². The second-order valence-corrected chi connectivity index (χ2v) is 1.91. The van der Waals surface area contributed by atoms with Gasteiger partial charge in [-0.25, -0.2) is 9.13 Å². The van der Waals surface area contributed by atoms with Gasteiger partial charge in [-0.3, -0.25) is 0 Å². The molecule has 0 bridgehead atoms. The summed E-state index contributed by atoms with van der Waals surface area (Å²) < 4.78 is 4.16. The quantitative estimate of drug-likeness (QED) is 0.466. The maximum Gasteiger partial charge on any atom is 1.00 e. The molecule has 0 aromatic carbocycles. The third-order valence-electron chi connectivity index (χ3n) is 1.19. The minimum atomic E-state index is 0. The Labute approximate surface area is 50.9 Å². The van der Waals surface area contributed by atoms with E-state index in [0.717, 1.165) is 6.54 Å². The molecule has 0 radical (unpaired) electrons. The van der Waals surface area contributed by atoms with E-state index in [0.29, 0.717) is 0 Å². The van der Waals surface area contributed by atoms with Crippen LogP contribution in [0.25, 0.3) is 0 Å². The number of hydrogen-bond acceptors (Lipinski definition) is 0. The molecule has 1 rings (SSSR count). The first-order chi connectivity index (χ1) is 3.83. The molecule has 0 amide bonds. The Hall–Kier alpha value is -0.790. The van der Waals surface area contributed by atoms with E-state index in [4.69, 9.17) is 0 Å². The second kappa shape index (κ2) is 1.99. The fourth-order valence-electron chi connectivity index (χ4n) is 0.689. The Morgan fingerprint density at radius 2 is 2.50 bits per heavy atom. The van der Waals surface area contributed by atoms with Crippen molar-refractivity contribution in [2.75, 3.05) is 0 Å². The van der Waals surface area contributed by atoms with Crippen LogP contribution in [0.5, 0.6) is 0 Å². The summed E-state index contributed by atoms with van der Waals surface area (Å²) in [5, 5.41) is 0. The molecule has 2 nitrogen and oxygen atoms in total. The number of imidazole rings is 1. The molecule has 0 aliphatic carbocycles. The van der Waals surface area contributed by atoms with Crippen LogP contribution in [0, 0.1) is 0 Å². The van der Waals surface area contributed by atoms with Crippen LogP contribution < -0.4 is 4.57 Å². The highest BCUT2D eigenvalue weighted by Crippen LogP contribution is 1.74. The Kier molecular flexibility index (Phi) is 1.33. The monoisotopic (exact) mass is 112 g/mol. The van der Waals surface area contributed by atoms with E-state index in [2.05, 4.69) is 24.0 Å². The largest absolute Gasteiger partial charge is 1.00 e. The van der Waals surface area contributed by atoms with Crippen LogP contribution in [0.15, 0.2) is 18.7 Å². The molecular weight excluding hydrogens is 100 g/mol. The van der Waals surface area contributed by atoms with Gasteiger partial charge in [-0.1, -0.05) is 0 Å². The molecular formula is C6H12N2+2. The highest BCUT2D eigenvalue weighted by atomic mass is 15.1. The molecule has 0 atom stereocenters. The van der Waals surface area contributed by atoms with Gasteiger partial charge in [0.25, 0.3) is 0 Å². The van der Waals surface area contributed by atoms with Crippen molar-refractivity contribution < 1.29 is 5.99 Å². The Balaban J connectivity index is 0.000000640. The third kappa shape index (κ3) is 0.886. The van der Waals surface area contributed by atoms with Crippen molar-refractivity contribution >= 4 is 0 Å². The van der Waals surface area contributed by atoms with Gasteiger partial charge < -0.3 is 0 Å². The predicted molar refractivity (Wildman–Crippen MR) is 32.4 cm³/mol. The van der Waals surface area contributed by atoms with E-state index in [1.807, 2.05) is 17.8 Å². The molecule has 1 heterocycles. The molecule has 0 aliphatic rings. The summed E-state index contributed by atoms with van der Waals surface area (Å²) in [4.78, 5) is 0. The second-order valence-electron chi connectivity index (χ2n) is 1.91.